The predicted octanol–water partition coefficient (Wildman–Crippen LogP) is 1.30. The van der Waals surface area contributed by atoms with E-state index in [9.17, 15) is 4.39 Å². The van der Waals surface area contributed by atoms with Crippen molar-refractivity contribution in [2.45, 2.75) is 18.6 Å². The summed E-state index contributed by atoms with van der Waals surface area (Å²) in [6.45, 7) is 2.53. The van der Waals surface area contributed by atoms with Gasteiger partial charge in [0.1, 0.15) is 0 Å². The quantitative estimate of drug-likeness (QED) is 0.882. The van der Waals surface area contributed by atoms with Crippen molar-refractivity contribution in [1.82, 2.24) is 10.2 Å². The lowest BCUT2D eigenvalue weighted by molar-refractivity contribution is -0.0373. The maximum Gasteiger partial charge on any atom is 0.168 e. The molecule has 20 heavy (non-hydrogen) atoms. The minimum atomic E-state index is -0.278. The molecule has 2 rings (SSSR count). The number of nitrogens with zero attached hydrogens (tertiary/aromatic N) is 1. The minimum absolute atomic E-state index is 0.0735. The molecule has 2 unspecified atom stereocenters. The van der Waals surface area contributed by atoms with Gasteiger partial charge in [0, 0.05) is 19.1 Å². The van der Waals surface area contributed by atoms with Crippen LogP contribution in [-0.4, -0.2) is 57.9 Å². The van der Waals surface area contributed by atoms with Gasteiger partial charge in [-0.1, -0.05) is 12.1 Å². The zero-order chi connectivity index (χ0) is 14.5. The topological polar surface area (TPSA) is 33.7 Å². The number of methoxy groups -OCH3 is 1. The van der Waals surface area contributed by atoms with E-state index in [-0.39, 0.29) is 18.0 Å². The molecule has 0 aliphatic carbocycles. The van der Waals surface area contributed by atoms with E-state index in [1.807, 2.05) is 13.1 Å². The van der Waals surface area contributed by atoms with Gasteiger partial charge in [-0.15, -0.1) is 0 Å². The molecule has 0 aromatic heterocycles. The molecule has 0 radical (unpaired) electrons. The molecule has 2 atom stereocenters. The van der Waals surface area contributed by atoms with Gasteiger partial charge in [0.05, 0.1) is 19.8 Å². The summed E-state index contributed by atoms with van der Waals surface area (Å²) in [6.07, 6.45) is 0.655. The third-order valence-electron chi connectivity index (χ3n) is 3.82. The van der Waals surface area contributed by atoms with Gasteiger partial charge in [0.2, 0.25) is 0 Å². The summed E-state index contributed by atoms with van der Waals surface area (Å²) >= 11 is 0. The van der Waals surface area contributed by atoms with Crippen molar-refractivity contribution in [3.8, 4) is 5.75 Å². The van der Waals surface area contributed by atoms with Crippen molar-refractivity contribution in [2.75, 3.05) is 40.9 Å². The molecule has 1 N–H and O–H groups in total. The number of nitrogens with one attached hydrogen (secondary N) is 1. The predicted molar refractivity (Wildman–Crippen MR) is 76.7 cm³/mol. The number of rotatable bonds is 5. The summed E-state index contributed by atoms with van der Waals surface area (Å²) in [4.78, 5) is 2.24. The van der Waals surface area contributed by atoms with Crippen LogP contribution in [0.25, 0.3) is 0 Å². The second kappa shape index (κ2) is 7.02. The Balaban J connectivity index is 2.10. The van der Waals surface area contributed by atoms with Crippen LogP contribution in [0.4, 0.5) is 4.39 Å². The van der Waals surface area contributed by atoms with Gasteiger partial charge in [-0.25, -0.2) is 4.39 Å². The van der Waals surface area contributed by atoms with Gasteiger partial charge >= 0.3 is 0 Å². The lowest BCUT2D eigenvalue weighted by Gasteiger charge is -2.35. The van der Waals surface area contributed by atoms with Gasteiger partial charge in [0.25, 0.3) is 0 Å². The van der Waals surface area contributed by atoms with Crippen molar-refractivity contribution in [3.05, 3.63) is 29.6 Å². The molecule has 1 heterocycles. The van der Waals surface area contributed by atoms with Crippen LogP contribution in [0.1, 0.15) is 5.56 Å². The lowest BCUT2D eigenvalue weighted by atomic mass is 9.99. The van der Waals surface area contributed by atoms with Gasteiger partial charge in [-0.05, 0) is 32.1 Å². The van der Waals surface area contributed by atoms with Crippen LogP contribution < -0.4 is 10.1 Å². The van der Waals surface area contributed by atoms with Gasteiger partial charge in [-0.2, -0.15) is 0 Å². The molecule has 1 aromatic carbocycles. The summed E-state index contributed by atoms with van der Waals surface area (Å²) in [5.41, 5.74) is 0.653. The highest BCUT2D eigenvalue weighted by Crippen LogP contribution is 2.22. The smallest absolute Gasteiger partial charge is 0.168 e. The molecule has 0 bridgehead atoms. The highest BCUT2D eigenvalue weighted by molar-refractivity contribution is 5.31. The van der Waals surface area contributed by atoms with E-state index in [1.165, 1.54) is 7.11 Å². The van der Waals surface area contributed by atoms with E-state index in [2.05, 4.69) is 17.3 Å². The van der Waals surface area contributed by atoms with Crippen molar-refractivity contribution < 1.29 is 13.9 Å². The van der Waals surface area contributed by atoms with E-state index >= 15 is 0 Å². The Hall–Kier alpha value is -1.17. The largest absolute Gasteiger partial charge is 0.494 e. The molecule has 1 aliphatic rings. The molecular weight excluding hydrogens is 259 g/mol. The number of hydrogen-bond acceptors (Lipinski definition) is 4. The maximum atomic E-state index is 14.2. The zero-order valence-corrected chi connectivity index (χ0v) is 12.4. The van der Waals surface area contributed by atoms with Crippen LogP contribution in [0.3, 0.4) is 0 Å². The number of ether oxygens (including phenoxy) is 2. The molecule has 1 fully saturated rings. The minimum Gasteiger partial charge on any atom is -0.494 e. The van der Waals surface area contributed by atoms with Crippen LogP contribution in [0.15, 0.2) is 18.2 Å². The van der Waals surface area contributed by atoms with Gasteiger partial charge in [0.15, 0.2) is 11.6 Å². The normalized spacial score (nSPS) is 21.7. The molecule has 1 aliphatic heterocycles. The average molecular weight is 282 g/mol. The van der Waals surface area contributed by atoms with Crippen LogP contribution in [-0.2, 0) is 11.2 Å². The average Bonchev–Trinajstić information content (AvgIpc) is 2.46. The molecule has 5 heteroatoms. The Labute approximate surface area is 119 Å². The monoisotopic (exact) mass is 282 g/mol. The fraction of sp³-hybridized carbons (Fsp3) is 0.600. The summed E-state index contributed by atoms with van der Waals surface area (Å²) in [5, 5.41) is 3.25. The Kier molecular flexibility index (Phi) is 5.34. The molecule has 0 saturated carbocycles. The fourth-order valence-corrected chi connectivity index (χ4v) is 2.58. The van der Waals surface area contributed by atoms with E-state index in [4.69, 9.17) is 9.47 Å². The number of hydrogen-bond donors (Lipinski definition) is 1. The van der Waals surface area contributed by atoms with Gasteiger partial charge in [-0.3, -0.25) is 0 Å². The lowest BCUT2D eigenvalue weighted by Crippen LogP contribution is -2.51. The molecule has 1 saturated heterocycles. The second-order valence-electron chi connectivity index (χ2n) is 5.20. The fourth-order valence-electron chi connectivity index (χ4n) is 2.58. The summed E-state index contributed by atoms with van der Waals surface area (Å²) in [5.74, 6) is 0.0125. The first-order valence-corrected chi connectivity index (χ1v) is 6.94. The van der Waals surface area contributed by atoms with E-state index in [0.717, 1.165) is 19.7 Å². The molecule has 112 valence electrons. The maximum absolute atomic E-state index is 14.2. The van der Waals surface area contributed by atoms with E-state index < -0.39 is 0 Å². The van der Waals surface area contributed by atoms with Crippen LogP contribution >= 0.6 is 0 Å². The van der Waals surface area contributed by atoms with Crippen LogP contribution in [0.5, 0.6) is 5.75 Å². The third-order valence-corrected chi connectivity index (χ3v) is 3.82. The van der Waals surface area contributed by atoms with Crippen molar-refractivity contribution in [1.29, 1.82) is 0 Å². The first kappa shape index (κ1) is 15.2. The molecule has 0 spiro atoms. The Morgan fingerprint density at radius 1 is 1.55 bits per heavy atom. The van der Waals surface area contributed by atoms with Crippen molar-refractivity contribution >= 4 is 0 Å². The van der Waals surface area contributed by atoms with Crippen molar-refractivity contribution in [2.24, 2.45) is 0 Å². The standard InChI is InChI=1S/C15H23FN2O2/c1-17-12(14-10-18(2)7-8-20-14)9-11-5-4-6-13(19-3)15(11)16/h4-6,12,14,17H,7-10H2,1-3H3. The Bertz CT molecular complexity index is 442. The highest BCUT2D eigenvalue weighted by atomic mass is 19.1. The first-order valence-electron chi connectivity index (χ1n) is 6.94. The number of likely N-dealkylation sites (N-methyl/N-ethyl adjacent to an activating group) is 2. The molecule has 4 nitrogen and oxygen atoms in total. The number of halogens is 1. The van der Waals surface area contributed by atoms with E-state index in [1.54, 1.807) is 12.1 Å². The molecular formula is C15H23FN2O2. The summed E-state index contributed by atoms with van der Waals surface area (Å²) < 4.78 is 25.1. The second-order valence-corrected chi connectivity index (χ2v) is 5.20. The van der Waals surface area contributed by atoms with Crippen LogP contribution in [0.2, 0.25) is 0 Å². The van der Waals surface area contributed by atoms with Crippen LogP contribution in [0, 0.1) is 5.82 Å². The molecule has 0 amide bonds. The first-order chi connectivity index (χ1) is 9.65. The zero-order valence-electron chi connectivity index (χ0n) is 12.4. The SMILES string of the molecule is CNC(Cc1cccc(OC)c1F)C1CN(C)CCO1. The van der Waals surface area contributed by atoms with Crippen molar-refractivity contribution in [3.63, 3.8) is 0 Å². The summed E-state index contributed by atoms with van der Waals surface area (Å²) in [6, 6.07) is 5.34. The highest BCUT2D eigenvalue weighted by Gasteiger charge is 2.27. The molecule has 1 aromatic rings. The Morgan fingerprint density at radius 3 is 3.00 bits per heavy atom. The summed E-state index contributed by atoms with van der Waals surface area (Å²) in [7, 11) is 5.45. The Morgan fingerprint density at radius 2 is 2.35 bits per heavy atom. The number of benzene rings is 1. The number of morpholine rings is 1. The van der Waals surface area contributed by atoms with E-state index in [0.29, 0.717) is 17.7 Å². The van der Waals surface area contributed by atoms with Gasteiger partial charge < -0.3 is 19.7 Å². The third kappa shape index (κ3) is 3.48.